The van der Waals surface area contributed by atoms with Gasteiger partial charge in [0.15, 0.2) is 0 Å². The highest BCUT2D eigenvalue weighted by Crippen LogP contribution is 2.16. The smallest absolute Gasteiger partial charge is 0.123 e. The molecule has 1 aromatic heterocycles. The molecule has 3 nitrogen and oxygen atoms in total. The average Bonchev–Trinajstić information content (AvgIpc) is 2.77. The summed E-state index contributed by atoms with van der Waals surface area (Å²) >= 11 is 0. The Morgan fingerprint density at radius 1 is 1.20 bits per heavy atom. The number of hydrogen-bond donors (Lipinski definition) is 1. The molecule has 0 aliphatic rings. The first-order valence-corrected chi connectivity index (χ1v) is 7.78. The van der Waals surface area contributed by atoms with Gasteiger partial charge in [0.2, 0.25) is 0 Å². The number of fused-ring (bicyclic) bond motifs is 1. The van der Waals surface area contributed by atoms with E-state index in [0.717, 1.165) is 43.3 Å². The van der Waals surface area contributed by atoms with Gasteiger partial charge in [0.1, 0.15) is 5.82 Å². The van der Waals surface area contributed by atoms with E-state index in [9.17, 15) is 0 Å². The second-order valence-electron chi connectivity index (χ2n) is 6.02. The maximum absolute atomic E-state index is 4.77. The van der Waals surface area contributed by atoms with Crippen LogP contribution in [-0.4, -0.2) is 16.1 Å². The van der Waals surface area contributed by atoms with Gasteiger partial charge in [0.25, 0.3) is 0 Å². The molecule has 0 aliphatic heterocycles. The summed E-state index contributed by atoms with van der Waals surface area (Å²) in [6, 6.07) is 8.41. The van der Waals surface area contributed by atoms with Crippen LogP contribution in [-0.2, 0) is 13.1 Å². The SMILES string of the molecule is CCCn1c(CNCC(C)C(C)C)nc2ccccc21. The fourth-order valence-corrected chi connectivity index (χ4v) is 2.38. The number of para-hydroxylation sites is 2. The minimum Gasteiger partial charge on any atom is -0.327 e. The Hall–Kier alpha value is -1.35. The van der Waals surface area contributed by atoms with Crippen molar-refractivity contribution < 1.29 is 0 Å². The molecule has 0 radical (unpaired) electrons. The molecule has 1 aromatic carbocycles. The van der Waals surface area contributed by atoms with Crippen LogP contribution in [0.3, 0.4) is 0 Å². The summed E-state index contributed by atoms with van der Waals surface area (Å²) in [6.07, 6.45) is 1.13. The summed E-state index contributed by atoms with van der Waals surface area (Å²) in [4.78, 5) is 4.77. The van der Waals surface area contributed by atoms with Gasteiger partial charge >= 0.3 is 0 Å². The third kappa shape index (κ3) is 3.40. The largest absolute Gasteiger partial charge is 0.327 e. The van der Waals surface area contributed by atoms with Gasteiger partial charge in [-0.3, -0.25) is 0 Å². The summed E-state index contributed by atoms with van der Waals surface area (Å²) in [5, 5.41) is 3.56. The van der Waals surface area contributed by atoms with E-state index in [1.54, 1.807) is 0 Å². The topological polar surface area (TPSA) is 29.9 Å². The van der Waals surface area contributed by atoms with Crippen LogP contribution in [0.5, 0.6) is 0 Å². The number of benzene rings is 1. The molecule has 1 N–H and O–H groups in total. The van der Waals surface area contributed by atoms with Crippen molar-refractivity contribution in [1.29, 1.82) is 0 Å². The molecule has 0 spiro atoms. The number of aromatic nitrogens is 2. The Bertz CT molecular complexity index is 542. The molecule has 0 saturated carbocycles. The van der Waals surface area contributed by atoms with E-state index >= 15 is 0 Å². The lowest BCUT2D eigenvalue weighted by molar-refractivity contribution is 0.389. The lowest BCUT2D eigenvalue weighted by Crippen LogP contribution is -2.25. The van der Waals surface area contributed by atoms with Gasteiger partial charge in [-0.25, -0.2) is 4.98 Å². The van der Waals surface area contributed by atoms with Crippen molar-refractivity contribution in [3.8, 4) is 0 Å². The molecule has 0 fully saturated rings. The lowest BCUT2D eigenvalue weighted by atomic mass is 9.98. The quantitative estimate of drug-likeness (QED) is 0.831. The highest BCUT2D eigenvalue weighted by Gasteiger charge is 2.11. The molecule has 1 atom stereocenters. The summed E-state index contributed by atoms with van der Waals surface area (Å²) in [5.41, 5.74) is 2.36. The maximum Gasteiger partial charge on any atom is 0.123 e. The molecule has 2 rings (SSSR count). The summed E-state index contributed by atoms with van der Waals surface area (Å²) < 4.78 is 2.35. The monoisotopic (exact) mass is 273 g/mol. The molecule has 20 heavy (non-hydrogen) atoms. The minimum absolute atomic E-state index is 0.694. The van der Waals surface area contributed by atoms with Crippen LogP contribution in [0.2, 0.25) is 0 Å². The van der Waals surface area contributed by atoms with Gasteiger partial charge in [0.05, 0.1) is 17.6 Å². The highest BCUT2D eigenvalue weighted by molar-refractivity contribution is 5.75. The van der Waals surface area contributed by atoms with E-state index in [1.807, 2.05) is 0 Å². The zero-order valence-electron chi connectivity index (χ0n) is 13.2. The van der Waals surface area contributed by atoms with Crippen molar-refractivity contribution in [1.82, 2.24) is 14.9 Å². The predicted molar refractivity (Wildman–Crippen MR) is 85.7 cm³/mol. The normalized spacial score (nSPS) is 13.2. The molecule has 110 valence electrons. The second kappa shape index (κ2) is 6.89. The number of nitrogens with zero attached hydrogens (tertiary/aromatic N) is 2. The number of nitrogens with one attached hydrogen (secondary N) is 1. The van der Waals surface area contributed by atoms with Gasteiger partial charge < -0.3 is 9.88 Å². The van der Waals surface area contributed by atoms with E-state index in [0.29, 0.717) is 5.92 Å². The molecule has 1 heterocycles. The Kier molecular flexibility index (Phi) is 5.18. The number of imidazole rings is 1. The zero-order chi connectivity index (χ0) is 14.5. The molecule has 2 aromatic rings. The number of rotatable bonds is 7. The predicted octanol–water partition coefficient (Wildman–Crippen LogP) is 3.83. The molecular formula is C17H27N3. The first kappa shape index (κ1) is 15.0. The van der Waals surface area contributed by atoms with E-state index in [2.05, 4.69) is 61.8 Å². The fourth-order valence-electron chi connectivity index (χ4n) is 2.38. The maximum atomic E-state index is 4.77. The van der Waals surface area contributed by atoms with Crippen molar-refractivity contribution in [3.63, 3.8) is 0 Å². The zero-order valence-corrected chi connectivity index (χ0v) is 13.2. The molecule has 3 heteroatoms. The van der Waals surface area contributed by atoms with Gasteiger partial charge in [-0.2, -0.15) is 0 Å². The van der Waals surface area contributed by atoms with E-state index in [1.165, 1.54) is 5.52 Å². The van der Waals surface area contributed by atoms with Gasteiger partial charge in [-0.15, -0.1) is 0 Å². The molecule has 0 bridgehead atoms. The van der Waals surface area contributed by atoms with E-state index in [4.69, 9.17) is 4.98 Å². The van der Waals surface area contributed by atoms with Crippen molar-refractivity contribution in [2.45, 2.75) is 47.2 Å². The van der Waals surface area contributed by atoms with Crippen molar-refractivity contribution in [2.75, 3.05) is 6.54 Å². The molecule has 0 aliphatic carbocycles. The molecule has 1 unspecified atom stereocenters. The standard InChI is InChI=1S/C17H27N3/c1-5-10-20-16-9-7-6-8-15(16)19-17(20)12-18-11-14(4)13(2)3/h6-9,13-14,18H,5,10-12H2,1-4H3. The average molecular weight is 273 g/mol. The Balaban J connectivity index is 2.10. The van der Waals surface area contributed by atoms with E-state index in [-0.39, 0.29) is 0 Å². The van der Waals surface area contributed by atoms with Crippen LogP contribution in [0.15, 0.2) is 24.3 Å². The van der Waals surface area contributed by atoms with Crippen molar-refractivity contribution in [2.24, 2.45) is 11.8 Å². The fraction of sp³-hybridized carbons (Fsp3) is 0.588. The van der Waals surface area contributed by atoms with Gasteiger partial charge in [0, 0.05) is 6.54 Å². The number of hydrogen-bond acceptors (Lipinski definition) is 2. The summed E-state index contributed by atoms with van der Waals surface area (Å²) in [7, 11) is 0. The Morgan fingerprint density at radius 3 is 2.65 bits per heavy atom. The first-order chi connectivity index (χ1) is 9.63. The van der Waals surface area contributed by atoms with Crippen LogP contribution < -0.4 is 5.32 Å². The molecule has 0 saturated heterocycles. The number of aryl methyl sites for hydroxylation is 1. The van der Waals surface area contributed by atoms with Crippen LogP contribution in [0.1, 0.15) is 39.9 Å². The van der Waals surface area contributed by atoms with Crippen LogP contribution in [0, 0.1) is 11.8 Å². The minimum atomic E-state index is 0.694. The third-order valence-corrected chi connectivity index (χ3v) is 4.07. The van der Waals surface area contributed by atoms with Crippen LogP contribution in [0.25, 0.3) is 11.0 Å². The first-order valence-electron chi connectivity index (χ1n) is 7.78. The lowest BCUT2D eigenvalue weighted by Gasteiger charge is -2.16. The summed E-state index contributed by atoms with van der Waals surface area (Å²) in [5.74, 6) is 2.57. The van der Waals surface area contributed by atoms with Crippen molar-refractivity contribution in [3.05, 3.63) is 30.1 Å². The second-order valence-corrected chi connectivity index (χ2v) is 6.02. The summed E-state index contributed by atoms with van der Waals surface area (Å²) in [6.45, 7) is 12.0. The Labute approximate surface area is 122 Å². The third-order valence-electron chi connectivity index (χ3n) is 4.07. The molecular weight excluding hydrogens is 246 g/mol. The van der Waals surface area contributed by atoms with Crippen LogP contribution in [0.4, 0.5) is 0 Å². The van der Waals surface area contributed by atoms with Crippen LogP contribution >= 0.6 is 0 Å². The van der Waals surface area contributed by atoms with Gasteiger partial charge in [-0.1, -0.05) is 39.8 Å². The van der Waals surface area contributed by atoms with Gasteiger partial charge in [-0.05, 0) is 36.9 Å². The van der Waals surface area contributed by atoms with Crippen molar-refractivity contribution >= 4 is 11.0 Å². The highest BCUT2D eigenvalue weighted by atomic mass is 15.1. The molecule has 0 amide bonds. The van der Waals surface area contributed by atoms with E-state index < -0.39 is 0 Å². The Morgan fingerprint density at radius 2 is 1.95 bits per heavy atom.